The number of piperidine rings is 1. The highest BCUT2D eigenvalue weighted by Crippen LogP contribution is 2.32. The summed E-state index contributed by atoms with van der Waals surface area (Å²) in [5.41, 5.74) is 2.33. The fourth-order valence-electron chi connectivity index (χ4n) is 4.31. The lowest BCUT2D eigenvalue weighted by atomic mass is 9.80. The van der Waals surface area contributed by atoms with Gasteiger partial charge in [0.15, 0.2) is 0 Å². The summed E-state index contributed by atoms with van der Waals surface area (Å²) in [5, 5.41) is 7.65. The highest BCUT2D eigenvalue weighted by Gasteiger charge is 2.41. The van der Waals surface area contributed by atoms with Gasteiger partial charge in [-0.1, -0.05) is 22.4 Å². The van der Waals surface area contributed by atoms with Crippen molar-refractivity contribution in [3.05, 3.63) is 65.5 Å². The normalized spacial score (nSPS) is 18.5. The molecule has 1 unspecified atom stereocenters. The van der Waals surface area contributed by atoms with Crippen molar-refractivity contribution in [2.45, 2.75) is 39.8 Å². The van der Waals surface area contributed by atoms with Crippen molar-refractivity contribution < 1.29 is 14.2 Å². The van der Waals surface area contributed by atoms with Gasteiger partial charge in [0.05, 0.1) is 18.3 Å². The van der Waals surface area contributed by atoms with Gasteiger partial charge in [-0.25, -0.2) is 9.61 Å². The lowest BCUT2D eigenvalue weighted by Crippen LogP contribution is -2.52. The molecule has 0 bridgehead atoms. The van der Waals surface area contributed by atoms with Crippen LogP contribution < -0.4 is 0 Å². The van der Waals surface area contributed by atoms with E-state index in [1.807, 2.05) is 42.0 Å². The summed E-state index contributed by atoms with van der Waals surface area (Å²) in [6.45, 7) is 5.75. The van der Waals surface area contributed by atoms with E-state index in [4.69, 9.17) is 4.63 Å². The maximum Gasteiger partial charge on any atom is 0.253 e. The lowest BCUT2D eigenvalue weighted by molar-refractivity contribution is -0.143. The second kappa shape index (κ2) is 8.94. The number of aryl methyl sites for hydroxylation is 1. The summed E-state index contributed by atoms with van der Waals surface area (Å²) in [6.07, 6.45) is 6.89. The van der Waals surface area contributed by atoms with Crippen LogP contribution in [-0.2, 0) is 17.9 Å². The van der Waals surface area contributed by atoms with Crippen LogP contribution >= 0.6 is 0 Å². The van der Waals surface area contributed by atoms with Gasteiger partial charge in [-0.05, 0) is 44.4 Å². The van der Waals surface area contributed by atoms with Crippen molar-refractivity contribution in [3.8, 4) is 0 Å². The van der Waals surface area contributed by atoms with Crippen molar-refractivity contribution in [1.82, 2.24) is 29.7 Å². The van der Waals surface area contributed by atoms with Crippen molar-refractivity contribution in [2.75, 3.05) is 20.1 Å². The SMILES string of the molecule is Cc1nonc1CN(C)C(=O)C1(C)CCCN(C(=O)c2cccc(Cn3ccnc3)c2)C1. The molecule has 2 amide bonds. The molecule has 1 saturated heterocycles. The molecule has 1 fully saturated rings. The van der Waals surface area contributed by atoms with E-state index in [0.717, 1.165) is 18.4 Å². The maximum absolute atomic E-state index is 13.3. The van der Waals surface area contributed by atoms with Crippen molar-refractivity contribution >= 4 is 11.8 Å². The zero-order valence-corrected chi connectivity index (χ0v) is 18.7. The van der Waals surface area contributed by atoms with Gasteiger partial charge < -0.3 is 14.4 Å². The molecule has 0 aliphatic carbocycles. The molecule has 9 nitrogen and oxygen atoms in total. The molecule has 4 rings (SSSR count). The minimum atomic E-state index is -0.651. The first-order chi connectivity index (χ1) is 15.4. The Balaban J connectivity index is 1.45. The number of benzene rings is 1. The molecule has 3 heterocycles. The maximum atomic E-state index is 13.3. The van der Waals surface area contributed by atoms with E-state index in [1.165, 1.54) is 0 Å². The second-order valence-corrected chi connectivity index (χ2v) is 8.78. The lowest BCUT2D eigenvalue weighted by Gasteiger charge is -2.41. The standard InChI is InChI=1S/C23H28N6O3/c1-17-20(26-32-25-17)14-27(3)22(31)23(2)8-5-10-29(15-23)21(30)19-7-4-6-18(12-19)13-28-11-9-24-16-28/h4,6-7,9,11-12,16H,5,8,10,13-15H2,1-3H3. The minimum Gasteiger partial charge on any atom is -0.339 e. The smallest absolute Gasteiger partial charge is 0.253 e. The Labute approximate surface area is 187 Å². The number of likely N-dealkylation sites (tertiary alicyclic amines) is 1. The highest BCUT2D eigenvalue weighted by atomic mass is 16.6. The zero-order valence-electron chi connectivity index (χ0n) is 18.7. The fraction of sp³-hybridized carbons (Fsp3) is 0.435. The molecule has 2 aromatic heterocycles. The molecule has 0 spiro atoms. The molecular weight excluding hydrogens is 408 g/mol. The Morgan fingerprint density at radius 1 is 1.28 bits per heavy atom. The van der Waals surface area contributed by atoms with Crippen LogP contribution in [0.3, 0.4) is 0 Å². The number of carbonyl (C=O) groups is 2. The summed E-state index contributed by atoms with van der Waals surface area (Å²) in [7, 11) is 1.75. The molecule has 9 heteroatoms. The number of carbonyl (C=O) groups excluding carboxylic acids is 2. The molecule has 168 valence electrons. The van der Waals surface area contributed by atoms with Crippen LogP contribution in [0.1, 0.15) is 47.1 Å². The number of rotatable bonds is 6. The van der Waals surface area contributed by atoms with Crippen LogP contribution in [0.2, 0.25) is 0 Å². The third-order valence-electron chi connectivity index (χ3n) is 6.08. The van der Waals surface area contributed by atoms with E-state index in [-0.39, 0.29) is 11.8 Å². The Kier molecular flexibility index (Phi) is 6.07. The average molecular weight is 437 g/mol. The zero-order chi connectivity index (χ0) is 22.7. The van der Waals surface area contributed by atoms with E-state index >= 15 is 0 Å². The number of imidazole rings is 1. The van der Waals surface area contributed by atoms with E-state index in [9.17, 15) is 9.59 Å². The molecule has 0 radical (unpaired) electrons. The van der Waals surface area contributed by atoms with E-state index in [0.29, 0.717) is 43.1 Å². The van der Waals surface area contributed by atoms with Gasteiger partial charge in [0.2, 0.25) is 5.91 Å². The average Bonchev–Trinajstić information content (AvgIpc) is 3.44. The van der Waals surface area contributed by atoms with Crippen molar-refractivity contribution in [2.24, 2.45) is 5.41 Å². The van der Waals surface area contributed by atoms with Crippen molar-refractivity contribution in [1.29, 1.82) is 0 Å². The van der Waals surface area contributed by atoms with Gasteiger partial charge >= 0.3 is 0 Å². The first-order valence-corrected chi connectivity index (χ1v) is 10.7. The van der Waals surface area contributed by atoms with Crippen molar-refractivity contribution in [3.63, 3.8) is 0 Å². The van der Waals surface area contributed by atoms with Gasteiger partial charge in [0, 0.05) is 44.6 Å². The van der Waals surface area contributed by atoms with Gasteiger partial charge in [0.25, 0.3) is 5.91 Å². The summed E-state index contributed by atoms with van der Waals surface area (Å²) in [6, 6.07) is 7.65. The molecule has 3 aromatic rings. The highest BCUT2D eigenvalue weighted by molar-refractivity contribution is 5.95. The molecule has 1 atom stereocenters. The number of hydrogen-bond donors (Lipinski definition) is 0. The second-order valence-electron chi connectivity index (χ2n) is 8.78. The van der Waals surface area contributed by atoms with Gasteiger partial charge in [-0.3, -0.25) is 9.59 Å². The predicted octanol–water partition coefficient (Wildman–Crippen LogP) is 2.52. The fourth-order valence-corrected chi connectivity index (χ4v) is 4.31. The largest absolute Gasteiger partial charge is 0.339 e. The topological polar surface area (TPSA) is 97.4 Å². The summed E-state index contributed by atoms with van der Waals surface area (Å²) in [4.78, 5) is 34.1. The van der Waals surface area contributed by atoms with E-state index in [2.05, 4.69) is 15.3 Å². The number of amides is 2. The Morgan fingerprint density at radius 3 is 2.84 bits per heavy atom. The van der Waals surface area contributed by atoms with Crippen LogP contribution in [0.4, 0.5) is 0 Å². The van der Waals surface area contributed by atoms with E-state index < -0.39 is 5.41 Å². The van der Waals surface area contributed by atoms with Crippen LogP contribution in [0, 0.1) is 12.3 Å². The first-order valence-electron chi connectivity index (χ1n) is 10.7. The molecule has 32 heavy (non-hydrogen) atoms. The van der Waals surface area contributed by atoms with E-state index in [1.54, 1.807) is 36.3 Å². The molecule has 0 N–H and O–H groups in total. The Hall–Kier alpha value is -3.49. The monoisotopic (exact) mass is 436 g/mol. The summed E-state index contributed by atoms with van der Waals surface area (Å²) < 4.78 is 6.70. The first kappa shape index (κ1) is 21.7. The number of nitrogens with zero attached hydrogens (tertiary/aromatic N) is 6. The molecule has 1 aliphatic heterocycles. The van der Waals surface area contributed by atoms with Crippen LogP contribution in [0.5, 0.6) is 0 Å². The number of hydrogen-bond acceptors (Lipinski definition) is 6. The van der Waals surface area contributed by atoms with Crippen LogP contribution in [-0.4, -0.2) is 61.6 Å². The molecule has 1 aromatic carbocycles. The Morgan fingerprint density at radius 2 is 2.12 bits per heavy atom. The number of aromatic nitrogens is 4. The van der Waals surface area contributed by atoms with Gasteiger partial charge in [-0.15, -0.1) is 0 Å². The molecule has 1 aliphatic rings. The summed E-state index contributed by atoms with van der Waals surface area (Å²) >= 11 is 0. The molecule has 0 saturated carbocycles. The molecular formula is C23H28N6O3. The quantitative estimate of drug-likeness (QED) is 0.589. The Bertz CT molecular complexity index is 1090. The van der Waals surface area contributed by atoms with Crippen LogP contribution in [0.25, 0.3) is 0 Å². The van der Waals surface area contributed by atoms with Gasteiger partial charge in [-0.2, -0.15) is 0 Å². The third-order valence-corrected chi connectivity index (χ3v) is 6.08. The van der Waals surface area contributed by atoms with Crippen LogP contribution in [0.15, 0.2) is 47.6 Å². The third kappa shape index (κ3) is 4.56. The predicted molar refractivity (Wildman–Crippen MR) is 117 cm³/mol. The van der Waals surface area contributed by atoms with Gasteiger partial charge in [0.1, 0.15) is 11.4 Å². The minimum absolute atomic E-state index is 0.00809. The summed E-state index contributed by atoms with van der Waals surface area (Å²) in [5.74, 6) is -0.0540.